The maximum absolute atomic E-state index is 12.3. The van der Waals surface area contributed by atoms with Crippen molar-refractivity contribution in [2.75, 3.05) is 26.3 Å². The summed E-state index contributed by atoms with van der Waals surface area (Å²) in [6.07, 6.45) is 3.76. The number of likely N-dealkylation sites (tertiary alicyclic amines) is 1. The van der Waals surface area contributed by atoms with Crippen molar-refractivity contribution in [1.29, 1.82) is 0 Å². The van der Waals surface area contributed by atoms with Crippen molar-refractivity contribution in [3.63, 3.8) is 0 Å². The van der Waals surface area contributed by atoms with Gasteiger partial charge in [0.25, 0.3) is 0 Å². The van der Waals surface area contributed by atoms with Crippen LogP contribution >= 0.6 is 0 Å². The molecule has 1 fully saturated rings. The molecule has 0 aliphatic carbocycles. The molecule has 1 aliphatic heterocycles. The van der Waals surface area contributed by atoms with Crippen LogP contribution in [-0.4, -0.2) is 49.2 Å². The number of nitrogens with one attached hydrogen (secondary N) is 1. The van der Waals surface area contributed by atoms with Crippen molar-refractivity contribution in [2.24, 2.45) is 0 Å². The summed E-state index contributed by atoms with van der Waals surface area (Å²) < 4.78 is 10.6. The lowest BCUT2D eigenvalue weighted by Crippen LogP contribution is -2.46. The summed E-state index contributed by atoms with van der Waals surface area (Å²) in [6.45, 7) is 7.56. The molecule has 0 atom stereocenters. The lowest BCUT2D eigenvalue weighted by atomic mass is 10.0. The number of hydrogen-bond acceptors (Lipinski definition) is 4. The van der Waals surface area contributed by atoms with Crippen molar-refractivity contribution >= 4 is 12.0 Å². The minimum Gasteiger partial charge on any atom is -0.493 e. The summed E-state index contributed by atoms with van der Waals surface area (Å²) in [5.41, 5.74) is 1.10. The standard InChI is InChI=1S/C20H28N2O4/c1-3-14-26-20(24)21-17-10-12-22(13-11-17)19(23)9-6-15-25-18-8-5-4-7-16(18)2/h3-5,7-8,17H,1,6,9-15H2,2H3,(H,21,24). The van der Waals surface area contributed by atoms with E-state index in [2.05, 4.69) is 11.9 Å². The van der Waals surface area contributed by atoms with Crippen LogP contribution in [0.4, 0.5) is 4.79 Å². The van der Waals surface area contributed by atoms with Crippen LogP contribution < -0.4 is 10.1 Å². The van der Waals surface area contributed by atoms with E-state index in [1.165, 1.54) is 6.08 Å². The van der Waals surface area contributed by atoms with Crippen LogP contribution in [-0.2, 0) is 9.53 Å². The van der Waals surface area contributed by atoms with Gasteiger partial charge in [-0.1, -0.05) is 30.9 Å². The number of carbonyl (C=O) groups excluding carboxylic acids is 2. The van der Waals surface area contributed by atoms with Crippen LogP contribution in [0.5, 0.6) is 5.75 Å². The molecule has 6 heteroatoms. The van der Waals surface area contributed by atoms with Crippen molar-refractivity contribution in [3.05, 3.63) is 42.5 Å². The Balaban J connectivity index is 1.61. The molecule has 1 saturated heterocycles. The Bertz CT molecular complexity index is 610. The number of nitrogens with zero attached hydrogens (tertiary/aromatic N) is 1. The summed E-state index contributed by atoms with van der Waals surface area (Å²) in [6, 6.07) is 7.92. The Labute approximate surface area is 155 Å². The van der Waals surface area contributed by atoms with E-state index in [0.29, 0.717) is 32.5 Å². The van der Waals surface area contributed by atoms with Crippen LogP contribution in [0.2, 0.25) is 0 Å². The summed E-state index contributed by atoms with van der Waals surface area (Å²) in [7, 11) is 0. The highest BCUT2D eigenvalue weighted by Crippen LogP contribution is 2.17. The van der Waals surface area contributed by atoms with Gasteiger partial charge in [0.2, 0.25) is 5.91 Å². The number of amides is 2. The fourth-order valence-corrected chi connectivity index (χ4v) is 2.90. The van der Waals surface area contributed by atoms with Crippen LogP contribution in [0.3, 0.4) is 0 Å². The van der Waals surface area contributed by atoms with Gasteiger partial charge in [0, 0.05) is 25.6 Å². The number of carbonyl (C=O) groups is 2. The van der Waals surface area contributed by atoms with Gasteiger partial charge in [-0.15, -0.1) is 0 Å². The molecule has 2 amide bonds. The lowest BCUT2D eigenvalue weighted by molar-refractivity contribution is -0.132. The second-order valence-electron chi connectivity index (χ2n) is 6.40. The Hall–Kier alpha value is -2.50. The molecule has 0 unspecified atom stereocenters. The molecule has 1 aromatic rings. The monoisotopic (exact) mass is 360 g/mol. The number of rotatable bonds is 8. The zero-order valence-corrected chi connectivity index (χ0v) is 15.4. The smallest absolute Gasteiger partial charge is 0.407 e. The van der Waals surface area contributed by atoms with Gasteiger partial charge in [0.1, 0.15) is 12.4 Å². The van der Waals surface area contributed by atoms with Crippen LogP contribution in [0.25, 0.3) is 0 Å². The molecule has 6 nitrogen and oxygen atoms in total. The van der Waals surface area contributed by atoms with Gasteiger partial charge in [0.15, 0.2) is 0 Å². The Morgan fingerprint density at radius 1 is 1.31 bits per heavy atom. The number of benzene rings is 1. The van der Waals surface area contributed by atoms with Crippen molar-refractivity contribution in [1.82, 2.24) is 10.2 Å². The summed E-state index contributed by atoms with van der Waals surface area (Å²) in [5.74, 6) is 1.02. The topological polar surface area (TPSA) is 67.9 Å². The van der Waals surface area contributed by atoms with Gasteiger partial charge in [-0.2, -0.15) is 0 Å². The van der Waals surface area contributed by atoms with E-state index in [4.69, 9.17) is 9.47 Å². The van der Waals surface area contributed by atoms with E-state index in [0.717, 1.165) is 24.2 Å². The van der Waals surface area contributed by atoms with E-state index >= 15 is 0 Å². The fourth-order valence-electron chi connectivity index (χ4n) is 2.90. The van der Waals surface area contributed by atoms with Crippen LogP contribution in [0, 0.1) is 6.92 Å². The van der Waals surface area contributed by atoms with Gasteiger partial charge >= 0.3 is 6.09 Å². The van der Waals surface area contributed by atoms with Gasteiger partial charge in [-0.25, -0.2) is 4.79 Å². The fraction of sp³-hybridized carbons (Fsp3) is 0.500. The molecule has 0 aromatic heterocycles. The molecule has 1 aliphatic rings. The molecule has 142 valence electrons. The number of piperidine rings is 1. The first kappa shape index (κ1) is 19.8. The summed E-state index contributed by atoms with van der Waals surface area (Å²) >= 11 is 0. The Morgan fingerprint density at radius 3 is 2.73 bits per heavy atom. The SMILES string of the molecule is C=CCOC(=O)NC1CCN(C(=O)CCCOc2ccccc2C)CC1. The highest BCUT2D eigenvalue weighted by atomic mass is 16.5. The Kier molecular flexibility index (Phi) is 7.99. The van der Waals surface area contributed by atoms with E-state index in [9.17, 15) is 9.59 Å². The maximum atomic E-state index is 12.3. The van der Waals surface area contributed by atoms with E-state index in [1.54, 1.807) is 0 Å². The molecule has 2 rings (SSSR count). The largest absolute Gasteiger partial charge is 0.493 e. The highest BCUT2D eigenvalue weighted by molar-refractivity contribution is 5.76. The minimum absolute atomic E-state index is 0.0563. The number of aryl methyl sites for hydroxylation is 1. The summed E-state index contributed by atoms with van der Waals surface area (Å²) in [5, 5.41) is 2.82. The van der Waals surface area contributed by atoms with Gasteiger partial charge in [-0.05, 0) is 37.8 Å². The van der Waals surface area contributed by atoms with Crippen LogP contribution in [0.15, 0.2) is 36.9 Å². The molecule has 0 radical (unpaired) electrons. The number of alkyl carbamates (subject to hydrolysis) is 1. The zero-order chi connectivity index (χ0) is 18.8. The van der Waals surface area contributed by atoms with Gasteiger partial charge < -0.3 is 19.7 Å². The maximum Gasteiger partial charge on any atom is 0.407 e. The molecule has 0 spiro atoms. The second-order valence-corrected chi connectivity index (χ2v) is 6.40. The normalized spacial score (nSPS) is 14.6. The van der Waals surface area contributed by atoms with Crippen molar-refractivity contribution < 1.29 is 19.1 Å². The molecule has 1 N–H and O–H groups in total. The number of para-hydroxylation sites is 1. The lowest BCUT2D eigenvalue weighted by Gasteiger charge is -2.32. The third-order valence-corrected chi connectivity index (χ3v) is 4.39. The molecule has 0 saturated carbocycles. The predicted molar refractivity (Wildman–Crippen MR) is 100 cm³/mol. The minimum atomic E-state index is -0.428. The first-order valence-corrected chi connectivity index (χ1v) is 9.10. The van der Waals surface area contributed by atoms with Crippen molar-refractivity contribution in [3.8, 4) is 5.75 Å². The zero-order valence-electron chi connectivity index (χ0n) is 15.4. The average Bonchev–Trinajstić information content (AvgIpc) is 2.65. The quantitative estimate of drug-likeness (QED) is 0.571. The third-order valence-electron chi connectivity index (χ3n) is 4.39. The van der Waals surface area contributed by atoms with E-state index in [-0.39, 0.29) is 18.6 Å². The molecular weight excluding hydrogens is 332 g/mol. The average molecular weight is 360 g/mol. The molecule has 0 bridgehead atoms. The third kappa shape index (κ3) is 6.43. The van der Waals surface area contributed by atoms with Crippen LogP contribution in [0.1, 0.15) is 31.2 Å². The molecular formula is C20H28N2O4. The second kappa shape index (κ2) is 10.5. The predicted octanol–water partition coefficient (Wildman–Crippen LogP) is 3.06. The number of ether oxygens (including phenoxy) is 2. The van der Waals surface area contributed by atoms with Gasteiger partial charge in [0.05, 0.1) is 6.61 Å². The van der Waals surface area contributed by atoms with Gasteiger partial charge in [-0.3, -0.25) is 4.79 Å². The summed E-state index contributed by atoms with van der Waals surface area (Å²) in [4.78, 5) is 25.7. The Morgan fingerprint density at radius 2 is 2.04 bits per heavy atom. The highest BCUT2D eigenvalue weighted by Gasteiger charge is 2.23. The van der Waals surface area contributed by atoms with E-state index < -0.39 is 6.09 Å². The molecule has 1 heterocycles. The molecule has 1 aromatic carbocycles. The first-order chi connectivity index (χ1) is 12.6. The number of hydrogen-bond donors (Lipinski definition) is 1. The first-order valence-electron chi connectivity index (χ1n) is 9.10. The van der Waals surface area contributed by atoms with E-state index in [1.807, 2.05) is 36.1 Å². The molecule has 26 heavy (non-hydrogen) atoms. The van der Waals surface area contributed by atoms with Crippen molar-refractivity contribution in [2.45, 2.75) is 38.6 Å².